The van der Waals surface area contributed by atoms with Gasteiger partial charge in [0.2, 0.25) is 0 Å². The van der Waals surface area contributed by atoms with E-state index < -0.39 is 0 Å². The first-order chi connectivity index (χ1) is 20.9. The van der Waals surface area contributed by atoms with Crippen molar-refractivity contribution in [3.05, 3.63) is 156 Å². The Hall–Kier alpha value is -5.08. The van der Waals surface area contributed by atoms with Gasteiger partial charge in [0.25, 0.3) is 0 Å². The van der Waals surface area contributed by atoms with Crippen LogP contribution < -0.4 is 4.90 Å². The van der Waals surface area contributed by atoms with E-state index in [4.69, 9.17) is 0 Å². The average molecular weight is 555 g/mol. The third kappa shape index (κ3) is 3.94. The maximum atomic E-state index is 2.42. The van der Waals surface area contributed by atoms with Crippen molar-refractivity contribution < 1.29 is 0 Å². The summed E-state index contributed by atoms with van der Waals surface area (Å²) in [7, 11) is 0. The van der Waals surface area contributed by atoms with Crippen LogP contribution in [0.4, 0.5) is 17.1 Å². The monoisotopic (exact) mass is 554 g/mol. The minimum Gasteiger partial charge on any atom is -0.310 e. The molecule has 0 saturated heterocycles. The number of hydrogen-bond acceptors (Lipinski definition) is 1. The molecule has 0 saturated carbocycles. The Bertz CT molecular complexity index is 2110. The molecule has 0 atom stereocenters. The van der Waals surface area contributed by atoms with Gasteiger partial charge >= 0.3 is 0 Å². The third-order valence-electron chi connectivity index (χ3n) is 9.22. The summed E-state index contributed by atoms with van der Waals surface area (Å²) in [5.41, 5.74) is 15.0. The number of benzene rings is 6. The van der Waals surface area contributed by atoms with E-state index in [9.17, 15) is 0 Å². The van der Waals surface area contributed by atoms with Gasteiger partial charge in [-0.3, -0.25) is 0 Å². The fourth-order valence-electron chi connectivity index (χ4n) is 7.30. The molecule has 1 heterocycles. The third-order valence-corrected chi connectivity index (χ3v) is 9.22. The first kappa shape index (κ1) is 25.6. The summed E-state index contributed by atoms with van der Waals surface area (Å²) in [6.45, 7) is 9.11. The van der Waals surface area contributed by atoms with Gasteiger partial charge in [0.15, 0.2) is 0 Å². The lowest BCUT2D eigenvalue weighted by Gasteiger charge is -2.28. The highest BCUT2D eigenvalue weighted by Crippen LogP contribution is 2.51. The smallest absolute Gasteiger partial charge is 0.0541 e. The van der Waals surface area contributed by atoms with Crippen LogP contribution >= 0.6 is 0 Å². The summed E-state index contributed by atoms with van der Waals surface area (Å²) in [5, 5.41) is 2.58. The van der Waals surface area contributed by atoms with Crippen LogP contribution in [-0.4, -0.2) is 4.57 Å². The highest BCUT2D eigenvalue weighted by atomic mass is 15.1. The number of nitrogens with zero attached hydrogens (tertiary/aromatic N) is 2. The molecule has 0 unspecified atom stereocenters. The Kier molecular flexibility index (Phi) is 5.64. The summed E-state index contributed by atoms with van der Waals surface area (Å²) < 4.78 is 2.42. The minimum atomic E-state index is -0.152. The number of rotatable bonds is 4. The van der Waals surface area contributed by atoms with E-state index in [0.717, 1.165) is 5.69 Å². The molecule has 6 aromatic carbocycles. The SMILES string of the molecule is Cc1cc(C)cc(N(c2ccccc2)c2ccc3c(c2)C(C)(C)c2cc(-n4c5ccccc5c5ccccc54)ccc2-3)c1. The van der Waals surface area contributed by atoms with Gasteiger partial charge in [0.1, 0.15) is 0 Å². The fourth-order valence-corrected chi connectivity index (χ4v) is 7.30. The number of hydrogen-bond donors (Lipinski definition) is 0. The molecule has 8 rings (SSSR count). The number of para-hydroxylation sites is 3. The summed E-state index contributed by atoms with van der Waals surface area (Å²) in [4.78, 5) is 2.39. The zero-order valence-electron chi connectivity index (χ0n) is 25.1. The van der Waals surface area contributed by atoms with Gasteiger partial charge in [0, 0.05) is 38.9 Å². The molecular weight excluding hydrogens is 520 g/mol. The molecule has 2 nitrogen and oxygen atoms in total. The zero-order valence-corrected chi connectivity index (χ0v) is 25.1. The van der Waals surface area contributed by atoms with Crippen LogP contribution in [0.1, 0.15) is 36.1 Å². The number of aromatic nitrogens is 1. The van der Waals surface area contributed by atoms with E-state index in [0.29, 0.717) is 0 Å². The highest BCUT2D eigenvalue weighted by molar-refractivity contribution is 6.09. The molecule has 0 aliphatic heterocycles. The van der Waals surface area contributed by atoms with Crippen molar-refractivity contribution in [3.63, 3.8) is 0 Å². The van der Waals surface area contributed by atoms with Crippen LogP contribution in [0.3, 0.4) is 0 Å². The molecule has 7 aromatic rings. The molecule has 0 amide bonds. The van der Waals surface area contributed by atoms with Crippen LogP contribution in [-0.2, 0) is 5.41 Å². The lowest BCUT2D eigenvalue weighted by Crippen LogP contribution is -2.17. The van der Waals surface area contributed by atoms with Crippen molar-refractivity contribution in [2.45, 2.75) is 33.1 Å². The average Bonchev–Trinajstić information content (AvgIpc) is 3.46. The van der Waals surface area contributed by atoms with E-state index in [-0.39, 0.29) is 5.41 Å². The molecule has 1 aliphatic rings. The van der Waals surface area contributed by atoms with E-state index in [1.807, 2.05) is 0 Å². The molecule has 43 heavy (non-hydrogen) atoms. The molecule has 0 N–H and O–H groups in total. The van der Waals surface area contributed by atoms with E-state index >= 15 is 0 Å². The van der Waals surface area contributed by atoms with Crippen LogP contribution in [0.5, 0.6) is 0 Å². The standard InChI is InChI=1S/C41H34N2/c1-27-22-28(2)24-32(23-27)42(29-12-6-5-7-13-29)30-18-20-33-34-21-19-31(26-38(34)41(3,4)37(33)25-30)43-39-16-10-8-14-35(39)36-15-9-11-17-40(36)43/h5-26H,1-4H3. The number of anilines is 3. The van der Waals surface area contributed by atoms with Gasteiger partial charge in [-0.1, -0.05) is 86.6 Å². The number of aryl methyl sites for hydroxylation is 2. The Balaban J connectivity index is 1.28. The lowest BCUT2D eigenvalue weighted by molar-refractivity contribution is 0.660. The fraction of sp³-hybridized carbons (Fsp3) is 0.122. The molecule has 0 spiro atoms. The first-order valence-electron chi connectivity index (χ1n) is 15.1. The maximum Gasteiger partial charge on any atom is 0.0541 e. The van der Waals surface area contributed by atoms with Crippen molar-refractivity contribution in [2.24, 2.45) is 0 Å². The van der Waals surface area contributed by atoms with Gasteiger partial charge in [-0.25, -0.2) is 0 Å². The quantitative estimate of drug-likeness (QED) is 0.210. The second-order valence-electron chi connectivity index (χ2n) is 12.5. The summed E-state index contributed by atoms with van der Waals surface area (Å²) in [6, 6.07) is 49.1. The number of fused-ring (bicyclic) bond motifs is 6. The Morgan fingerprint density at radius 2 is 1.05 bits per heavy atom. The Morgan fingerprint density at radius 1 is 0.488 bits per heavy atom. The first-order valence-corrected chi connectivity index (χ1v) is 15.1. The van der Waals surface area contributed by atoms with Crippen molar-refractivity contribution in [1.29, 1.82) is 0 Å². The molecule has 0 bridgehead atoms. The second-order valence-corrected chi connectivity index (χ2v) is 12.5. The van der Waals surface area contributed by atoms with Crippen molar-refractivity contribution in [2.75, 3.05) is 4.90 Å². The second kappa shape index (κ2) is 9.47. The maximum absolute atomic E-state index is 2.42. The summed E-state index contributed by atoms with van der Waals surface area (Å²) in [6.07, 6.45) is 0. The largest absolute Gasteiger partial charge is 0.310 e. The molecule has 1 aromatic heterocycles. The topological polar surface area (TPSA) is 8.17 Å². The van der Waals surface area contributed by atoms with Gasteiger partial charge in [-0.2, -0.15) is 0 Å². The summed E-state index contributed by atoms with van der Waals surface area (Å²) in [5.74, 6) is 0. The van der Waals surface area contributed by atoms with Gasteiger partial charge in [-0.15, -0.1) is 0 Å². The van der Waals surface area contributed by atoms with Crippen LogP contribution in [0.15, 0.2) is 133 Å². The normalized spacial score (nSPS) is 13.3. The predicted octanol–water partition coefficient (Wildman–Crippen LogP) is 11.2. The van der Waals surface area contributed by atoms with E-state index in [1.54, 1.807) is 0 Å². The lowest BCUT2D eigenvalue weighted by atomic mass is 9.82. The molecule has 208 valence electrons. The summed E-state index contributed by atoms with van der Waals surface area (Å²) >= 11 is 0. The minimum absolute atomic E-state index is 0.152. The van der Waals surface area contributed by atoms with Crippen molar-refractivity contribution in [3.8, 4) is 16.8 Å². The van der Waals surface area contributed by atoms with E-state index in [1.165, 1.54) is 72.2 Å². The molecule has 0 radical (unpaired) electrons. The molecule has 0 fully saturated rings. The van der Waals surface area contributed by atoms with Crippen LogP contribution in [0.2, 0.25) is 0 Å². The highest BCUT2D eigenvalue weighted by Gasteiger charge is 2.36. The Morgan fingerprint density at radius 3 is 1.70 bits per heavy atom. The van der Waals surface area contributed by atoms with Crippen molar-refractivity contribution >= 4 is 38.9 Å². The zero-order chi connectivity index (χ0) is 29.3. The van der Waals surface area contributed by atoms with Gasteiger partial charge in [-0.05, 0) is 108 Å². The molecule has 2 heteroatoms. The van der Waals surface area contributed by atoms with Crippen molar-refractivity contribution in [1.82, 2.24) is 4.57 Å². The van der Waals surface area contributed by atoms with Crippen LogP contribution in [0, 0.1) is 13.8 Å². The van der Waals surface area contributed by atoms with Gasteiger partial charge < -0.3 is 9.47 Å². The Labute approximate surface area is 253 Å². The van der Waals surface area contributed by atoms with Gasteiger partial charge in [0.05, 0.1) is 11.0 Å². The predicted molar refractivity (Wildman–Crippen MR) is 183 cm³/mol. The molecular formula is C41H34N2. The van der Waals surface area contributed by atoms with Crippen LogP contribution in [0.25, 0.3) is 38.6 Å². The molecule has 1 aliphatic carbocycles. The van der Waals surface area contributed by atoms with E-state index in [2.05, 4.69) is 171 Å².